The van der Waals surface area contributed by atoms with E-state index in [1.54, 1.807) is 0 Å². The Morgan fingerprint density at radius 3 is 2.70 bits per heavy atom. The van der Waals surface area contributed by atoms with E-state index >= 15 is 0 Å². The van der Waals surface area contributed by atoms with Gasteiger partial charge in [0, 0.05) is 24.6 Å². The highest BCUT2D eigenvalue weighted by Gasteiger charge is 2.50. The van der Waals surface area contributed by atoms with Gasteiger partial charge in [-0.05, 0) is 5.56 Å². The summed E-state index contributed by atoms with van der Waals surface area (Å²) in [6, 6.07) is 15.0. The number of carbonyl (C=O) groups excluding carboxylic acids is 1. The second-order valence-electron chi connectivity index (χ2n) is 5.54. The van der Waals surface area contributed by atoms with Crippen LogP contribution in [0.15, 0.2) is 48.7 Å². The number of hydrogen-bond donors (Lipinski definition) is 0. The number of rotatable bonds is 1. The van der Waals surface area contributed by atoms with Gasteiger partial charge in [-0.2, -0.15) is 4.57 Å². The third-order valence-corrected chi connectivity index (χ3v) is 4.41. The molecule has 3 atom stereocenters. The third kappa shape index (κ3) is 1.52. The summed E-state index contributed by atoms with van der Waals surface area (Å²) in [6.45, 7) is 1.49. The van der Waals surface area contributed by atoms with Gasteiger partial charge >= 0.3 is 5.97 Å². The fourth-order valence-electron chi connectivity index (χ4n) is 3.74. The molecule has 0 saturated heterocycles. The summed E-state index contributed by atoms with van der Waals surface area (Å²) in [7, 11) is 0. The van der Waals surface area contributed by atoms with Gasteiger partial charge in [-0.15, -0.1) is 0 Å². The van der Waals surface area contributed by atoms with Crippen LogP contribution >= 0.6 is 0 Å². The first kappa shape index (κ1) is 11.6. The normalized spacial score (nSPS) is 25.8. The van der Waals surface area contributed by atoms with Crippen molar-refractivity contribution in [2.75, 3.05) is 0 Å². The third-order valence-electron chi connectivity index (χ3n) is 4.41. The zero-order valence-electron chi connectivity index (χ0n) is 11.3. The van der Waals surface area contributed by atoms with Gasteiger partial charge in [-0.25, -0.2) is 0 Å². The number of ether oxygens (including phenoxy) is 1. The van der Waals surface area contributed by atoms with Crippen LogP contribution in [0.5, 0.6) is 0 Å². The maximum absolute atomic E-state index is 11.4. The van der Waals surface area contributed by atoms with Gasteiger partial charge in [-0.1, -0.05) is 30.3 Å². The van der Waals surface area contributed by atoms with Crippen LogP contribution in [0.1, 0.15) is 42.1 Å². The van der Waals surface area contributed by atoms with Gasteiger partial charge < -0.3 is 4.74 Å². The number of nitrogens with zero attached hydrogens (tertiary/aromatic N) is 1. The first-order valence-electron chi connectivity index (χ1n) is 7.02. The Balaban J connectivity index is 1.91. The summed E-state index contributed by atoms with van der Waals surface area (Å²) >= 11 is 0. The minimum atomic E-state index is -0.192. The molecule has 1 aromatic heterocycles. The molecule has 20 heavy (non-hydrogen) atoms. The molecule has 2 aliphatic heterocycles. The number of esters is 1. The van der Waals surface area contributed by atoms with Gasteiger partial charge in [0.15, 0.2) is 17.9 Å². The zero-order chi connectivity index (χ0) is 13.7. The Hall–Kier alpha value is -2.16. The van der Waals surface area contributed by atoms with Gasteiger partial charge in [0.05, 0.1) is 6.42 Å². The van der Waals surface area contributed by atoms with Crippen molar-refractivity contribution >= 4 is 5.97 Å². The predicted molar refractivity (Wildman–Crippen MR) is 73.2 cm³/mol. The number of aromatic nitrogens is 1. The molecule has 2 bridgehead atoms. The lowest BCUT2D eigenvalue weighted by molar-refractivity contribution is -0.732. The molecule has 3 aliphatic rings. The number of carbonyl (C=O) groups is 1. The maximum atomic E-state index is 11.4. The lowest BCUT2D eigenvalue weighted by Gasteiger charge is -2.39. The van der Waals surface area contributed by atoms with Crippen molar-refractivity contribution in [3.8, 4) is 0 Å². The van der Waals surface area contributed by atoms with Crippen LogP contribution in [0.4, 0.5) is 0 Å². The summed E-state index contributed by atoms with van der Waals surface area (Å²) in [5.74, 6) is -0.0381. The molecule has 0 fully saturated rings. The van der Waals surface area contributed by atoms with E-state index in [9.17, 15) is 4.79 Å². The molecule has 2 aromatic rings. The zero-order valence-corrected chi connectivity index (χ0v) is 11.3. The topological polar surface area (TPSA) is 30.2 Å². The highest BCUT2D eigenvalue weighted by molar-refractivity contribution is 5.66. The lowest BCUT2D eigenvalue weighted by Crippen LogP contribution is -2.56. The molecule has 1 aliphatic carbocycles. The van der Waals surface area contributed by atoms with E-state index in [1.807, 2.05) is 0 Å². The second kappa shape index (κ2) is 4.17. The highest BCUT2D eigenvalue weighted by atomic mass is 16.5. The molecular formula is C17H16NO2+. The Morgan fingerprint density at radius 2 is 1.90 bits per heavy atom. The first-order valence-corrected chi connectivity index (χ1v) is 7.02. The molecule has 0 saturated carbocycles. The Labute approximate surface area is 117 Å². The molecule has 0 N–H and O–H groups in total. The summed E-state index contributed by atoms with van der Waals surface area (Å²) < 4.78 is 7.91. The van der Waals surface area contributed by atoms with Crippen molar-refractivity contribution in [3.63, 3.8) is 0 Å². The van der Waals surface area contributed by atoms with Crippen LogP contribution in [0.2, 0.25) is 0 Å². The van der Waals surface area contributed by atoms with Crippen LogP contribution in [0.3, 0.4) is 0 Å². The van der Waals surface area contributed by atoms with Crippen molar-refractivity contribution in [2.45, 2.75) is 31.4 Å². The number of benzene rings is 1. The number of pyridine rings is 1. The molecule has 0 spiro atoms. The predicted octanol–water partition coefficient (Wildman–Crippen LogP) is 2.34. The second-order valence-corrected chi connectivity index (χ2v) is 5.54. The summed E-state index contributed by atoms with van der Waals surface area (Å²) in [5, 5.41) is 0. The SMILES string of the molecule is CC(=O)O[C@H]1C[C@@H]2c3ccccc3[C@@H]1c1cccc[n+]12. The molecule has 0 unspecified atom stereocenters. The van der Waals surface area contributed by atoms with Gasteiger partial charge in [0.25, 0.3) is 0 Å². The lowest BCUT2D eigenvalue weighted by atomic mass is 9.72. The summed E-state index contributed by atoms with van der Waals surface area (Å²) in [6.07, 6.45) is 2.95. The van der Waals surface area contributed by atoms with Gasteiger partial charge in [-0.3, -0.25) is 4.79 Å². The van der Waals surface area contributed by atoms with Gasteiger partial charge in [0.1, 0.15) is 12.0 Å². The molecule has 0 radical (unpaired) electrons. The first-order chi connectivity index (χ1) is 9.75. The Kier molecular flexibility index (Phi) is 2.43. The van der Waals surface area contributed by atoms with E-state index in [4.69, 9.17) is 4.74 Å². The van der Waals surface area contributed by atoms with E-state index in [0.717, 1.165) is 6.42 Å². The molecule has 3 nitrogen and oxygen atoms in total. The van der Waals surface area contributed by atoms with Crippen molar-refractivity contribution in [1.29, 1.82) is 0 Å². The van der Waals surface area contributed by atoms with Crippen LogP contribution in [0, 0.1) is 0 Å². The van der Waals surface area contributed by atoms with E-state index in [1.165, 1.54) is 23.7 Å². The van der Waals surface area contributed by atoms with Crippen molar-refractivity contribution in [3.05, 3.63) is 65.5 Å². The minimum absolute atomic E-state index is 0.0465. The average molecular weight is 266 g/mol. The largest absolute Gasteiger partial charge is 0.461 e. The molecule has 1 aromatic carbocycles. The summed E-state index contributed by atoms with van der Waals surface area (Å²) in [5.41, 5.74) is 3.92. The van der Waals surface area contributed by atoms with E-state index in [0.29, 0.717) is 0 Å². The quantitative estimate of drug-likeness (QED) is 0.586. The molecule has 100 valence electrons. The number of hydrogen-bond acceptors (Lipinski definition) is 2. The maximum Gasteiger partial charge on any atom is 0.302 e. The Bertz CT molecular complexity index is 647. The highest BCUT2D eigenvalue weighted by Crippen LogP contribution is 2.45. The average Bonchev–Trinajstić information content (AvgIpc) is 2.47. The number of fused-ring (bicyclic) bond motifs is 1. The molecule has 3 heteroatoms. The van der Waals surface area contributed by atoms with E-state index in [2.05, 4.69) is 53.2 Å². The molecule has 3 heterocycles. The van der Waals surface area contributed by atoms with Crippen LogP contribution < -0.4 is 4.57 Å². The monoisotopic (exact) mass is 266 g/mol. The fourth-order valence-corrected chi connectivity index (χ4v) is 3.74. The fraction of sp³-hybridized carbons (Fsp3) is 0.294. The molecule has 0 amide bonds. The Morgan fingerprint density at radius 1 is 1.15 bits per heavy atom. The molecule has 5 rings (SSSR count). The van der Waals surface area contributed by atoms with E-state index < -0.39 is 0 Å². The van der Waals surface area contributed by atoms with Crippen LogP contribution in [0.25, 0.3) is 0 Å². The minimum Gasteiger partial charge on any atom is -0.461 e. The van der Waals surface area contributed by atoms with Crippen LogP contribution in [-0.4, -0.2) is 12.1 Å². The summed E-state index contributed by atoms with van der Waals surface area (Å²) in [4.78, 5) is 11.4. The van der Waals surface area contributed by atoms with Crippen molar-refractivity contribution in [1.82, 2.24) is 0 Å². The van der Waals surface area contributed by atoms with E-state index in [-0.39, 0.29) is 24.0 Å². The molecular weight excluding hydrogens is 250 g/mol. The van der Waals surface area contributed by atoms with Crippen molar-refractivity contribution in [2.24, 2.45) is 0 Å². The van der Waals surface area contributed by atoms with Gasteiger partial charge in [0.2, 0.25) is 0 Å². The van der Waals surface area contributed by atoms with Crippen molar-refractivity contribution < 1.29 is 14.1 Å². The standard InChI is InChI=1S/C17H16NO2/c1-11(19)20-16-10-15-12-6-2-3-7-13(12)17(16)14-8-4-5-9-18(14)15/h2-9,15-17H,10H2,1H3/q+1/t15-,16+,17-/m1/s1. The smallest absolute Gasteiger partial charge is 0.302 e. The van der Waals surface area contributed by atoms with Crippen LogP contribution in [-0.2, 0) is 9.53 Å².